The minimum absolute atomic E-state index is 0.0410. The number of carboxylic acid groups (broad SMARTS) is 3. The SMILES string of the molecule is CSCCC(NC(=O)C(CCC(=O)O)NC(=O)C(N)CCC(=O)O)C(=O)NC(CC(N)=O)C(=O)O. The fraction of sp³-hybridized carbons (Fsp3) is 0.632. The van der Waals surface area contributed by atoms with E-state index in [0.29, 0.717) is 5.75 Å². The smallest absolute Gasteiger partial charge is 0.326 e. The monoisotopic (exact) mass is 521 g/mol. The summed E-state index contributed by atoms with van der Waals surface area (Å²) in [6.45, 7) is 0. The van der Waals surface area contributed by atoms with E-state index in [0.717, 1.165) is 0 Å². The Balaban J connectivity index is 5.53. The second kappa shape index (κ2) is 16.3. The quantitative estimate of drug-likeness (QED) is 0.0909. The van der Waals surface area contributed by atoms with Gasteiger partial charge in [0.25, 0.3) is 0 Å². The third kappa shape index (κ3) is 13.8. The molecule has 0 aromatic rings. The highest BCUT2D eigenvalue weighted by molar-refractivity contribution is 7.98. The molecule has 0 saturated carbocycles. The van der Waals surface area contributed by atoms with Crippen LogP contribution in [0.15, 0.2) is 0 Å². The Morgan fingerprint density at radius 1 is 0.743 bits per heavy atom. The second-order valence-corrected chi connectivity index (χ2v) is 8.43. The maximum Gasteiger partial charge on any atom is 0.326 e. The molecule has 0 radical (unpaired) electrons. The maximum absolute atomic E-state index is 12.8. The standard InChI is InChI=1S/C19H31N5O10S/c1-35-7-6-11(18(32)24-12(19(33)34)8-13(21)25)23-17(31)10(3-5-15(28)29)22-16(30)9(20)2-4-14(26)27/h9-12H,2-8,20H2,1H3,(H2,21,25)(H,22,30)(H,23,31)(H,24,32)(H,26,27)(H,28,29)(H,33,34). The van der Waals surface area contributed by atoms with E-state index in [-0.39, 0.29) is 19.3 Å². The van der Waals surface area contributed by atoms with Gasteiger partial charge in [-0.3, -0.25) is 28.8 Å². The molecule has 0 aromatic heterocycles. The Labute approximate surface area is 204 Å². The van der Waals surface area contributed by atoms with E-state index < -0.39 is 85.0 Å². The van der Waals surface area contributed by atoms with Gasteiger partial charge in [-0.2, -0.15) is 11.8 Å². The molecule has 198 valence electrons. The molecule has 4 amide bonds. The average Bonchev–Trinajstić information content (AvgIpc) is 2.76. The number of hydrogen-bond acceptors (Lipinski definition) is 9. The van der Waals surface area contributed by atoms with Crippen molar-refractivity contribution in [2.75, 3.05) is 12.0 Å². The largest absolute Gasteiger partial charge is 0.481 e. The normalized spacial score (nSPS) is 14.0. The summed E-state index contributed by atoms with van der Waals surface area (Å²) >= 11 is 1.32. The van der Waals surface area contributed by atoms with Crippen LogP contribution in [0, 0.1) is 0 Å². The van der Waals surface area contributed by atoms with Gasteiger partial charge in [-0.15, -0.1) is 0 Å². The molecule has 4 atom stereocenters. The minimum Gasteiger partial charge on any atom is -0.481 e. The number of nitrogens with one attached hydrogen (secondary N) is 3. The van der Waals surface area contributed by atoms with E-state index in [1.54, 1.807) is 6.26 Å². The zero-order valence-electron chi connectivity index (χ0n) is 19.0. The van der Waals surface area contributed by atoms with E-state index in [2.05, 4.69) is 16.0 Å². The zero-order valence-corrected chi connectivity index (χ0v) is 19.8. The highest BCUT2D eigenvalue weighted by Crippen LogP contribution is 2.06. The van der Waals surface area contributed by atoms with Crippen molar-refractivity contribution in [1.82, 2.24) is 16.0 Å². The van der Waals surface area contributed by atoms with E-state index in [1.165, 1.54) is 11.8 Å². The number of rotatable bonds is 18. The van der Waals surface area contributed by atoms with Crippen LogP contribution in [0.5, 0.6) is 0 Å². The molecule has 0 saturated heterocycles. The summed E-state index contributed by atoms with van der Waals surface area (Å²) in [6, 6.07) is -5.63. The highest BCUT2D eigenvalue weighted by Gasteiger charge is 2.31. The third-order valence-corrected chi connectivity index (χ3v) is 5.19. The lowest BCUT2D eigenvalue weighted by Gasteiger charge is -2.25. The number of thioether (sulfide) groups is 1. The minimum atomic E-state index is -1.64. The van der Waals surface area contributed by atoms with Crippen LogP contribution in [0.25, 0.3) is 0 Å². The topological polar surface area (TPSA) is 268 Å². The third-order valence-electron chi connectivity index (χ3n) is 4.55. The lowest BCUT2D eigenvalue weighted by atomic mass is 10.1. The number of carbonyl (C=O) groups is 7. The van der Waals surface area contributed by atoms with Crippen LogP contribution in [0.4, 0.5) is 0 Å². The van der Waals surface area contributed by atoms with Crippen molar-refractivity contribution < 1.29 is 48.9 Å². The van der Waals surface area contributed by atoms with Crippen LogP contribution < -0.4 is 27.4 Å². The molecule has 0 aliphatic heterocycles. The summed E-state index contributed by atoms with van der Waals surface area (Å²) < 4.78 is 0. The molecule has 35 heavy (non-hydrogen) atoms. The van der Waals surface area contributed by atoms with Crippen molar-refractivity contribution >= 4 is 53.3 Å². The first-order chi connectivity index (χ1) is 16.3. The highest BCUT2D eigenvalue weighted by atomic mass is 32.2. The predicted molar refractivity (Wildman–Crippen MR) is 122 cm³/mol. The van der Waals surface area contributed by atoms with Gasteiger partial charge in [0.15, 0.2) is 0 Å². The van der Waals surface area contributed by atoms with Gasteiger partial charge in [0, 0.05) is 12.8 Å². The van der Waals surface area contributed by atoms with Gasteiger partial charge in [-0.05, 0) is 31.3 Å². The van der Waals surface area contributed by atoms with Crippen LogP contribution >= 0.6 is 11.8 Å². The molecule has 4 unspecified atom stereocenters. The summed E-state index contributed by atoms with van der Waals surface area (Å²) in [6.07, 6.45) is -0.455. The Morgan fingerprint density at radius 3 is 1.66 bits per heavy atom. The Hall–Kier alpha value is -3.40. The molecule has 0 aliphatic carbocycles. The van der Waals surface area contributed by atoms with Gasteiger partial charge in [-0.25, -0.2) is 4.79 Å². The lowest BCUT2D eigenvalue weighted by molar-refractivity contribution is -0.143. The van der Waals surface area contributed by atoms with Crippen LogP contribution in [0.3, 0.4) is 0 Å². The fourth-order valence-electron chi connectivity index (χ4n) is 2.68. The molecule has 10 N–H and O–H groups in total. The summed E-state index contributed by atoms with van der Waals surface area (Å²) in [5.41, 5.74) is 10.6. The van der Waals surface area contributed by atoms with Crippen molar-refractivity contribution in [2.45, 2.75) is 62.7 Å². The summed E-state index contributed by atoms with van der Waals surface area (Å²) in [5.74, 6) is -7.35. The first kappa shape index (κ1) is 31.6. The molecular formula is C19H31N5O10S. The number of carboxylic acids is 3. The fourth-order valence-corrected chi connectivity index (χ4v) is 3.15. The zero-order chi connectivity index (χ0) is 27.1. The molecular weight excluding hydrogens is 490 g/mol. The second-order valence-electron chi connectivity index (χ2n) is 7.44. The number of amides is 4. The van der Waals surface area contributed by atoms with Crippen LogP contribution in [0.2, 0.25) is 0 Å². The van der Waals surface area contributed by atoms with Crippen molar-refractivity contribution in [2.24, 2.45) is 11.5 Å². The average molecular weight is 522 g/mol. The van der Waals surface area contributed by atoms with E-state index in [9.17, 15) is 38.7 Å². The molecule has 0 heterocycles. The van der Waals surface area contributed by atoms with Crippen LogP contribution in [0.1, 0.15) is 38.5 Å². The predicted octanol–water partition coefficient (Wildman–Crippen LogP) is -2.79. The molecule has 15 nitrogen and oxygen atoms in total. The molecule has 16 heteroatoms. The summed E-state index contributed by atoms with van der Waals surface area (Å²) in [5, 5.41) is 33.6. The van der Waals surface area contributed by atoms with E-state index in [4.69, 9.17) is 21.7 Å². The summed E-state index contributed by atoms with van der Waals surface area (Å²) in [7, 11) is 0. The molecule has 0 rings (SSSR count). The van der Waals surface area contributed by atoms with Crippen molar-refractivity contribution in [3.05, 3.63) is 0 Å². The Kier molecular flexibility index (Phi) is 14.7. The van der Waals surface area contributed by atoms with Crippen molar-refractivity contribution in [3.8, 4) is 0 Å². The van der Waals surface area contributed by atoms with Gasteiger partial charge < -0.3 is 42.7 Å². The van der Waals surface area contributed by atoms with Gasteiger partial charge in [0.2, 0.25) is 23.6 Å². The van der Waals surface area contributed by atoms with Crippen molar-refractivity contribution in [1.29, 1.82) is 0 Å². The molecule has 0 fully saturated rings. The van der Waals surface area contributed by atoms with E-state index >= 15 is 0 Å². The maximum atomic E-state index is 12.8. The summed E-state index contributed by atoms with van der Waals surface area (Å²) in [4.78, 5) is 81.8. The first-order valence-electron chi connectivity index (χ1n) is 10.4. The number of hydrogen-bond donors (Lipinski definition) is 8. The lowest BCUT2D eigenvalue weighted by Crippen LogP contribution is -2.57. The number of nitrogens with two attached hydrogens (primary N) is 2. The molecule has 0 aromatic carbocycles. The molecule has 0 aliphatic rings. The van der Waals surface area contributed by atoms with Gasteiger partial charge in [0.05, 0.1) is 12.5 Å². The number of aliphatic carboxylic acids is 3. The van der Waals surface area contributed by atoms with Crippen LogP contribution in [-0.2, 0) is 33.6 Å². The molecule has 0 spiro atoms. The van der Waals surface area contributed by atoms with Gasteiger partial charge >= 0.3 is 17.9 Å². The Bertz CT molecular complexity index is 809. The van der Waals surface area contributed by atoms with Gasteiger partial charge in [-0.1, -0.05) is 0 Å². The van der Waals surface area contributed by atoms with E-state index in [1.807, 2.05) is 0 Å². The number of carbonyl (C=O) groups excluding carboxylic acids is 4. The number of primary amides is 1. The first-order valence-corrected chi connectivity index (χ1v) is 11.8. The molecule has 0 bridgehead atoms. The van der Waals surface area contributed by atoms with Crippen molar-refractivity contribution in [3.63, 3.8) is 0 Å². The Morgan fingerprint density at radius 2 is 1.20 bits per heavy atom. The van der Waals surface area contributed by atoms with Gasteiger partial charge in [0.1, 0.15) is 18.1 Å². The van der Waals surface area contributed by atoms with Crippen LogP contribution in [-0.4, -0.2) is 93.0 Å².